The highest BCUT2D eigenvalue weighted by molar-refractivity contribution is 7.92. The molecule has 2 aromatic rings. The number of nitrogens with one attached hydrogen (secondary N) is 1. The van der Waals surface area contributed by atoms with Crippen molar-refractivity contribution < 1.29 is 27.1 Å². The number of carbonyl (C=O) groups is 1. The van der Waals surface area contributed by atoms with Crippen LogP contribution in [-0.4, -0.2) is 45.9 Å². The summed E-state index contributed by atoms with van der Waals surface area (Å²) >= 11 is 0. The molecule has 0 bridgehead atoms. The third-order valence-corrected chi connectivity index (χ3v) is 5.66. The Morgan fingerprint density at radius 3 is 2.48 bits per heavy atom. The molecule has 1 aliphatic heterocycles. The van der Waals surface area contributed by atoms with Crippen molar-refractivity contribution in [1.82, 2.24) is 5.32 Å². The molecule has 0 aromatic heterocycles. The first-order valence-electron chi connectivity index (χ1n) is 9.20. The van der Waals surface area contributed by atoms with E-state index in [1.54, 1.807) is 19.1 Å². The van der Waals surface area contributed by atoms with E-state index in [0.717, 1.165) is 22.7 Å². The van der Waals surface area contributed by atoms with Gasteiger partial charge in [0.25, 0.3) is 0 Å². The summed E-state index contributed by atoms with van der Waals surface area (Å²) in [7, 11) is -3.78. The Morgan fingerprint density at radius 1 is 1.21 bits per heavy atom. The molecule has 0 saturated carbocycles. The smallest absolute Gasteiger partial charge is 0.244 e. The minimum atomic E-state index is -3.78. The van der Waals surface area contributed by atoms with E-state index < -0.39 is 33.9 Å². The predicted molar refractivity (Wildman–Crippen MR) is 107 cm³/mol. The van der Waals surface area contributed by atoms with Crippen molar-refractivity contribution in [3.8, 4) is 11.5 Å². The van der Waals surface area contributed by atoms with Crippen molar-refractivity contribution in [2.24, 2.45) is 0 Å². The molecule has 0 spiro atoms. The van der Waals surface area contributed by atoms with Gasteiger partial charge in [0.15, 0.2) is 11.5 Å². The fraction of sp³-hybridized carbons (Fsp3) is 0.350. The SMILES string of the molecule is CC[C@@H](C(=O)NC[C@H]1COc2ccccc2O1)N(c1ccc(F)cc1)S(C)(=O)=O. The third-order valence-electron chi connectivity index (χ3n) is 4.48. The van der Waals surface area contributed by atoms with E-state index >= 15 is 0 Å². The Kier molecular flexibility index (Phi) is 6.26. The molecule has 2 aromatic carbocycles. The van der Waals surface area contributed by atoms with Gasteiger partial charge < -0.3 is 14.8 Å². The molecular weight excluding hydrogens is 399 g/mol. The summed E-state index contributed by atoms with van der Waals surface area (Å²) < 4.78 is 50.4. The number of sulfonamides is 1. The Morgan fingerprint density at radius 2 is 1.86 bits per heavy atom. The maximum atomic E-state index is 13.2. The van der Waals surface area contributed by atoms with Crippen LogP contribution < -0.4 is 19.1 Å². The van der Waals surface area contributed by atoms with Crippen LogP contribution in [0.5, 0.6) is 11.5 Å². The summed E-state index contributed by atoms with van der Waals surface area (Å²) in [5.74, 6) is 0.273. The minimum Gasteiger partial charge on any atom is -0.486 e. The number of nitrogens with zero attached hydrogens (tertiary/aromatic N) is 1. The molecule has 0 radical (unpaired) electrons. The van der Waals surface area contributed by atoms with Crippen LogP contribution in [0.3, 0.4) is 0 Å². The zero-order valence-electron chi connectivity index (χ0n) is 16.2. The molecule has 1 amide bonds. The van der Waals surface area contributed by atoms with Crippen molar-refractivity contribution in [1.29, 1.82) is 0 Å². The van der Waals surface area contributed by atoms with E-state index in [4.69, 9.17) is 9.47 Å². The lowest BCUT2D eigenvalue weighted by molar-refractivity contribution is -0.122. The Hall–Kier alpha value is -2.81. The molecular formula is C20H23FN2O5S. The molecule has 1 aliphatic rings. The largest absolute Gasteiger partial charge is 0.486 e. The van der Waals surface area contributed by atoms with Crippen LogP contribution in [0.15, 0.2) is 48.5 Å². The van der Waals surface area contributed by atoms with Crippen LogP contribution in [0.2, 0.25) is 0 Å². The number of amides is 1. The lowest BCUT2D eigenvalue weighted by atomic mass is 10.2. The molecule has 1 heterocycles. The second-order valence-electron chi connectivity index (χ2n) is 6.70. The van der Waals surface area contributed by atoms with Gasteiger partial charge in [-0.3, -0.25) is 9.10 Å². The summed E-state index contributed by atoms with van der Waals surface area (Å²) in [6, 6.07) is 11.2. The van der Waals surface area contributed by atoms with Gasteiger partial charge in [-0.2, -0.15) is 0 Å². The maximum absolute atomic E-state index is 13.2. The fourth-order valence-corrected chi connectivity index (χ4v) is 4.36. The highest BCUT2D eigenvalue weighted by Gasteiger charge is 2.32. The fourth-order valence-electron chi connectivity index (χ4n) is 3.14. The van der Waals surface area contributed by atoms with Gasteiger partial charge in [0, 0.05) is 0 Å². The standard InChI is InChI=1S/C20H23FN2O5S/c1-3-17(23(29(2,25)26)15-10-8-14(21)9-11-15)20(24)22-12-16-13-27-18-6-4-5-7-19(18)28-16/h4-11,16-17H,3,12-13H2,1-2H3,(H,22,24)/t16-,17-/m0/s1. The molecule has 2 atom stereocenters. The highest BCUT2D eigenvalue weighted by Crippen LogP contribution is 2.30. The molecule has 0 fully saturated rings. The van der Waals surface area contributed by atoms with Crippen LogP contribution in [0, 0.1) is 5.82 Å². The van der Waals surface area contributed by atoms with Crippen LogP contribution in [-0.2, 0) is 14.8 Å². The molecule has 29 heavy (non-hydrogen) atoms. The minimum absolute atomic E-state index is 0.157. The monoisotopic (exact) mass is 422 g/mol. The maximum Gasteiger partial charge on any atom is 0.244 e. The molecule has 0 unspecified atom stereocenters. The van der Waals surface area contributed by atoms with Crippen molar-refractivity contribution in [2.75, 3.05) is 23.7 Å². The molecule has 7 nitrogen and oxygen atoms in total. The second kappa shape index (κ2) is 8.69. The van der Waals surface area contributed by atoms with Gasteiger partial charge in [-0.25, -0.2) is 12.8 Å². The van der Waals surface area contributed by atoms with Crippen molar-refractivity contribution in [3.63, 3.8) is 0 Å². The molecule has 3 rings (SSSR count). The van der Waals surface area contributed by atoms with Gasteiger partial charge in [0.2, 0.25) is 15.9 Å². The normalized spacial score (nSPS) is 16.7. The van der Waals surface area contributed by atoms with E-state index in [-0.39, 0.29) is 25.3 Å². The summed E-state index contributed by atoms with van der Waals surface area (Å²) in [5.41, 5.74) is 0.224. The predicted octanol–water partition coefficient (Wildman–Crippen LogP) is 2.33. The van der Waals surface area contributed by atoms with Gasteiger partial charge in [0.05, 0.1) is 18.5 Å². The summed E-state index contributed by atoms with van der Waals surface area (Å²) in [4.78, 5) is 12.8. The Labute approximate surface area is 169 Å². The highest BCUT2D eigenvalue weighted by atomic mass is 32.2. The molecule has 1 N–H and O–H groups in total. The van der Waals surface area contributed by atoms with Crippen molar-refractivity contribution >= 4 is 21.6 Å². The Balaban J connectivity index is 1.71. The number of hydrogen-bond acceptors (Lipinski definition) is 5. The quantitative estimate of drug-likeness (QED) is 0.740. The summed E-state index contributed by atoms with van der Waals surface area (Å²) in [6.07, 6.45) is 0.853. The first kappa shape index (κ1) is 20.9. The van der Waals surface area contributed by atoms with E-state index in [2.05, 4.69) is 5.32 Å². The molecule has 9 heteroatoms. The van der Waals surface area contributed by atoms with Crippen LogP contribution in [0.1, 0.15) is 13.3 Å². The summed E-state index contributed by atoms with van der Waals surface area (Å²) in [5, 5.41) is 2.74. The number of anilines is 1. The number of halogens is 1. The van der Waals surface area contributed by atoms with E-state index in [0.29, 0.717) is 11.5 Å². The topological polar surface area (TPSA) is 84.9 Å². The van der Waals surface area contributed by atoms with E-state index in [1.807, 2.05) is 12.1 Å². The van der Waals surface area contributed by atoms with E-state index in [1.165, 1.54) is 12.1 Å². The van der Waals surface area contributed by atoms with E-state index in [9.17, 15) is 17.6 Å². The average Bonchev–Trinajstić information content (AvgIpc) is 2.70. The number of fused-ring (bicyclic) bond motifs is 1. The van der Waals surface area contributed by atoms with Gasteiger partial charge in [-0.1, -0.05) is 19.1 Å². The molecule has 156 valence electrons. The number of benzene rings is 2. The van der Waals surface area contributed by atoms with Crippen molar-refractivity contribution in [3.05, 3.63) is 54.3 Å². The van der Waals surface area contributed by atoms with Crippen LogP contribution >= 0.6 is 0 Å². The summed E-state index contributed by atoms with van der Waals surface area (Å²) in [6.45, 7) is 2.13. The van der Waals surface area contributed by atoms with Gasteiger partial charge in [0.1, 0.15) is 24.6 Å². The first-order chi connectivity index (χ1) is 13.8. The van der Waals surface area contributed by atoms with Gasteiger partial charge in [-0.05, 0) is 42.8 Å². The number of ether oxygens (including phenoxy) is 2. The lowest BCUT2D eigenvalue weighted by Crippen LogP contribution is -2.51. The second-order valence-corrected chi connectivity index (χ2v) is 8.56. The lowest BCUT2D eigenvalue weighted by Gasteiger charge is -2.31. The number of para-hydroxylation sites is 2. The third kappa shape index (κ3) is 4.97. The number of rotatable bonds is 7. The van der Waals surface area contributed by atoms with Crippen LogP contribution in [0.25, 0.3) is 0 Å². The zero-order chi connectivity index (χ0) is 21.0. The number of carbonyl (C=O) groups excluding carboxylic acids is 1. The Bertz CT molecular complexity index is 965. The zero-order valence-corrected chi connectivity index (χ0v) is 17.0. The number of hydrogen-bond donors (Lipinski definition) is 1. The average molecular weight is 422 g/mol. The van der Waals surface area contributed by atoms with Gasteiger partial charge in [-0.15, -0.1) is 0 Å². The molecule has 0 saturated heterocycles. The van der Waals surface area contributed by atoms with Crippen molar-refractivity contribution in [2.45, 2.75) is 25.5 Å². The van der Waals surface area contributed by atoms with Crippen LogP contribution in [0.4, 0.5) is 10.1 Å². The molecule has 0 aliphatic carbocycles. The van der Waals surface area contributed by atoms with Gasteiger partial charge >= 0.3 is 0 Å². The first-order valence-corrected chi connectivity index (χ1v) is 11.1.